The van der Waals surface area contributed by atoms with Gasteiger partial charge in [-0.2, -0.15) is 5.01 Å². The first-order valence-electron chi connectivity index (χ1n) is 18.7. The fourth-order valence-corrected chi connectivity index (χ4v) is 10.3. The molecule has 2 saturated heterocycles. The molecule has 58 heavy (non-hydrogen) atoms. The van der Waals surface area contributed by atoms with Gasteiger partial charge in [0.1, 0.15) is 17.1 Å². The molecule has 4 amide bonds. The molecule has 0 radical (unpaired) electrons. The summed E-state index contributed by atoms with van der Waals surface area (Å²) in [6, 6.07) is 31.2. The second-order valence-electron chi connectivity index (χ2n) is 15.1. The highest BCUT2D eigenvalue weighted by molar-refractivity contribution is 9.10. The minimum absolute atomic E-state index is 0.0522. The molecule has 0 bridgehead atoms. The van der Waals surface area contributed by atoms with Crippen LogP contribution in [0.15, 0.2) is 136 Å². The van der Waals surface area contributed by atoms with Crippen molar-refractivity contribution in [2.45, 2.75) is 24.2 Å². The number of carbonyl (C=O) groups is 4. The Morgan fingerprint density at radius 3 is 2.34 bits per heavy atom. The summed E-state index contributed by atoms with van der Waals surface area (Å²) in [6.07, 6.45) is 2.17. The molecule has 1 saturated carbocycles. The van der Waals surface area contributed by atoms with Crippen molar-refractivity contribution in [1.29, 1.82) is 0 Å². The Labute approximate surface area is 344 Å². The topological polar surface area (TPSA) is 133 Å². The Morgan fingerprint density at radius 1 is 0.862 bits per heavy atom. The number of rotatable bonds is 6. The van der Waals surface area contributed by atoms with Crippen LogP contribution in [0.2, 0.25) is 5.02 Å². The molecule has 10 nitrogen and oxygen atoms in total. The van der Waals surface area contributed by atoms with Crippen LogP contribution in [-0.2, 0) is 24.6 Å². The number of para-hydroxylation sites is 2. The molecule has 1 aromatic heterocycles. The lowest BCUT2D eigenvalue weighted by Crippen LogP contribution is -2.53. The Balaban J connectivity index is 1.08. The van der Waals surface area contributed by atoms with Crippen LogP contribution in [0, 0.1) is 29.5 Å². The van der Waals surface area contributed by atoms with Crippen molar-refractivity contribution in [3.63, 3.8) is 0 Å². The van der Waals surface area contributed by atoms with E-state index in [1.807, 2.05) is 30.3 Å². The maximum absolute atomic E-state index is 15.3. The molecule has 0 unspecified atom stereocenters. The molecule has 3 fully saturated rings. The van der Waals surface area contributed by atoms with Gasteiger partial charge in [0.2, 0.25) is 17.7 Å². The second kappa shape index (κ2) is 13.5. The number of hydrogen-bond acceptors (Lipinski definition) is 8. The van der Waals surface area contributed by atoms with E-state index in [1.54, 1.807) is 60.7 Å². The number of allylic oxidation sites excluding steroid dienone is 2. The fraction of sp³-hybridized carbons (Fsp3) is 0.178. The number of aromatic nitrogens is 1. The van der Waals surface area contributed by atoms with Crippen LogP contribution >= 0.6 is 27.5 Å². The molecule has 4 aliphatic rings. The van der Waals surface area contributed by atoms with Gasteiger partial charge in [-0.05, 0) is 115 Å². The molecular weight excluding hydrogens is 827 g/mol. The summed E-state index contributed by atoms with van der Waals surface area (Å²) in [5.41, 5.74) is 5.56. The molecule has 3 heterocycles. The third kappa shape index (κ3) is 5.38. The number of benzene rings is 5. The SMILES string of the molecule is O=C1[C@@H]2C[C@@H]3C(=CC[C@@H]4C(=O)N(c5ccc(-c6nc7ccccc7o6)cc5)C(=O)[C@@H]43)[C@H](c3cc(Br)ccc3O)[C@]2(c2ccc(Cl)cc2)C(=O)N1Nc1ccc(F)cc1. The summed E-state index contributed by atoms with van der Waals surface area (Å²) in [6.45, 7) is 0. The first-order valence-corrected chi connectivity index (χ1v) is 19.9. The maximum atomic E-state index is 15.3. The summed E-state index contributed by atoms with van der Waals surface area (Å²) < 4.78 is 20.5. The second-order valence-corrected chi connectivity index (χ2v) is 16.5. The highest BCUT2D eigenvalue weighted by Crippen LogP contribution is 2.65. The number of hydrogen-bond donors (Lipinski definition) is 2. The van der Waals surface area contributed by atoms with E-state index in [9.17, 15) is 23.9 Å². The third-order valence-corrected chi connectivity index (χ3v) is 13.0. The lowest BCUT2D eigenvalue weighted by atomic mass is 9.49. The van der Waals surface area contributed by atoms with Crippen LogP contribution in [0.25, 0.3) is 22.6 Å². The molecule has 10 rings (SSSR count). The van der Waals surface area contributed by atoms with E-state index in [0.29, 0.717) is 60.1 Å². The molecule has 2 aliphatic heterocycles. The fourth-order valence-electron chi connectivity index (χ4n) is 9.76. The lowest BCUT2D eigenvalue weighted by Gasteiger charge is -2.50. The number of fused-ring (bicyclic) bond motifs is 5. The number of nitrogens with one attached hydrogen (secondary N) is 1. The zero-order chi connectivity index (χ0) is 40.0. The average Bonchev–Trinajstić information content (AvgIpc) is 3.84. The first-order chi connectivity index (χ1) is 28.0. The minimum Gasteiger partial charge on any atom is -0.508 e. The molecule has 2 aliphatic carbocycles. The van der Waals surface area contributed by atoms with Crippen LogP contribution < -0.4 is 10.3 Å². The van der Waals surface area contributed by atoms with E-state index >= 15 is 4.79 Å². The summed E-state index contributed by atoms with van der Waals surface area (Å²) in [5.74, 6) is -6.37. The molecule has 2 N–H and O–H groups in total. The number of hydrazine groups is 1. The number of carbonyl (C=O) groups excluding carboxylic acids is 4. The predicted octanol–water partition coefficient (Wildman–Crippen LogP) is 8.94. The minimum atomic E-state index is -1.63. The van der Waals surface area contributed by atoms with Gasteiger partial charge in [0.05, 0.1) is 34.5 Å². The molecule has 6 atom stereocenters. The van der Waals surface area contributed by atoms with E-state index in [2.05, 4.69) is 26.3 Å². The van der Waals surface area contributed by atoms with Crippen molar-refractivity contribution in [2.24, 2.45) is 23.7 Å². The van der Waals surface area contributed by atoms with Gasteiger partial charge in [0.15, 0.2) is 5.58 Å². The van der Waals surface area contributed by atoms with Crippen molar-refractivity contribution >= 4 is 73.6 Å². The van der Waals surface area contributed by atoms with Gasteiger partial charge in [-0.15, -0.1) is 0 Å². The largest absolute Gasteiger partial charge is 0.508 e. The molecule has 13 heteroatoms. The molecule has 5 aromatic carbocycles. The summed E-state index contributed by atoms with van der Waals surface area (Å²) in [7, 11) is 0. The van der Waals surface area contributed by atoms with Gasteiger partial charge in [0.25, 0.3) is 11.8 Å². The normalized spacial score (nSPS) is 25.2. The smallest absolute Gasteiger partial charge is 0.260 e. The van der Waals surface area contributed by atoms with Crippen LogP contribution in [-0.4, -0.2) is 38.7 Å². The van der Waals surface area contributed by atoms with Crippen molar-refractivity contribution < 1.29 is 33.1 Å². The number of phenols is 1. The van der Waals surface area contributed by atoms with Gasteiger partial charge in [-0.1, -0.05) is 63.4 Å². The van der Waals surface area contributed by atoms with Gasteiger partial charge in [-0.25, -0.2) is 9.37 Å². The summed E-state index contributed by atoms with van der Waals surface area (Å²) in [5, 5.41) is 13.0. The number of imide groups is 2. The number of aromatic hydroxyl groups is 1. The van der Waals surface area contributed by atoms with Crippen molar-refractivity contribution in [3.8, 4) is 17.2 Å². The van der Waals surface area contributed by atoms with Crippen molar-refractivity contribution in [1.82, 2.24) is 9.99 Å². The van der Waals surface area contributed by atoms with Gasteiger partial charge >= 0.3 is 0 Å². The Morgan fingerprint density at radius 2 is 1.60 bits per heavy atom. The van der Waals surface area contributed by atoms with Crippen molar-refractivity contribution in [2.75, 3.05) is 10.3 Å². The molecular formula is C45H31BrClFN4O6. The number of oxazole rings is 1. The Hall–Kier alpha value is -6.11. The molecule has 0 spiro atoms. The zero-order valence-electron chi connectivity index (χ0n) is 30.3. The summed E-state index contributed by atoms with van der Waals surface area (Å²) in [4.78, 5) is 65.1. The third-order valence-electron chi connectivity index (χ3n) is 12.2. The van der Waals surface area contributed by atoms with E-state index in [1.165, 1.54) is 35.2 Å². The lowest BCUT2D eigenvalue weighted by molar-refractivity contribution is -0.138. The number of nitrogens with zero attached hydrogens (tertiary/aromatic N) is 3. The monoisotopic (exact) mass is 856 g/mol. The first kappa shape index (κ1) is 36.2. The average molecular weight is 858 g/mol. The van der Waals surface area contributed by atoms with E-state index in [0.717, 1.165) is 5.01 Å². The number of amides is 4. The zero-order valence-corrected chi connectivity index (χ0v) is 32.7. The van der Waals surface area contributed by atoms with Crippen molar-refractivity contribution in [3.05, 3.63) is 153 Å². The number of phenolic OH excluding ortho intramolecular Hbond substituents is 1. The highest BCUT2D eigenvalue weighted by atomic mass is 79.9. The van der Waals surface area contributed by atoms with Gasteiger partial charge in [-0.3, -0.25) is 29.5 Å². The van der Waals surface area contributed by atoms with Gasteiger partial charge < -0.3 is 9.52 Å². The standard InChI is InChI=1S/C45H31BrClFN4O6/c46-25-9-20-36(53)33(21-25)39-30-18-19-31-38(43(56)51(41(31)54)29-16-5-23(6-17-29)40-49-35-3-1-2-4-37(35)58-40)32(30)22-34-42(55)52(50-28-14-12-27(48)13-15-28)44(57)45(34,39)24-7-10-26(47)11-8-24/h1-18,20-21,31-32,34,38-39,50,53H,19,22H2/t31-,32+,34-,38-,39+,45+/m0/s1. The highest BCUT2D eigenvalue weighted by Gasteiger charge is 2.70. The number of anilines is 2. The van der Waals surface area contributed by atoms with Crippen LogP contribution in [0.4, 0.5) is 15.8 Å². The van der Waals surface area contributed by atoms with E-state index < -0.39 is 58.5 Å². The maximum Gasteiger partial charge on any atom is 0.260 e. The Kier molecular flexibility index (Phi) is 8.43. The predicted molar refractivity (Wildman–Crippen MR) is 217 cm³/mol. The quantitative estimate of drug-likeness (QED) is 0.125. The van der Waals surface area contributed by atoms with E-state index in [-0.39, 0.29) is 24.5 Å². The number of halogens is 3. The summed E-state index contributed by atoms with van der Waals surface area (Å²) >= 11 is 9.93. The van der Waals surface area contributed by atoms with Crippen LogP contribution in [0.1, 0.15) is 29.9 Å². The molecule has 6 aromatic rings. The van der Waals surface area contributed by atoms with Crippen LogP contribution in [0.5, 0.6) is 5.75 Å². The molecule has 288 valence electrons. The van der Waals surface area contributed by atoms with Crippen LogP contribution in [0.3, 0.4) is 0 Å². The van der Waals surface area contributed by atoms with Gasteiger partial charge in [0, 0.05) is 26.5 Å². The Bertz CT molecular complexity index is 2710. The van der Waals surface area contributed by atoms with E-state index in [4.69, 9.17) is 16.0 Å².